The number of hydrogen-bond acceptors (Lipinski definition) is 4. The van der Waals surface area contributed by atoms with Crippen LogP contribution < -0.4 is 9.62 Å². The van der Waals surface area contributed by atoms with E-state index in [1.165, 1.54) is 17.0 Å². The zero-order valence-electron chi connectivity index (χ0n) is 25.1. The van der Waals surface area contributed by atoms with Gasteiger partial charge in [0.2, 0.25) is 11.8 Å². The van der Waals surface area contributed by atoms with E-state index in [1.54, 1.807) is 48.5 Å². The Labute approximate surface area is 255 Å². The summed E-state index contributed by atoms with van der Waals surface area (Å²) in [6, 6.07) is 32.9. The average molecular weight is 598 g/mol. The summed E-state index contributed by atoms with van der Waals surface area (Å²) >= 11 is 0. The second kappa shape index (κ2) is 13.7. The van der Waals surface area contributed by atoms with E-state index in [-0.39, 0.29) is 23.8 Å². The number of para-hydroxylation sites is 1. The van der Waals surface area contributed by atoms with Crippen molar-refractivity contribution in [3.05, 3.63) is 132 Å². The number of carbonyl (C=O) groups excluding carboxylic acids is 2. The first-order chi connectivity index (χ1) is 20.5. The number of sulfonamides is 1. The second-order valence-corrected chi connectivity index (χ2v) is 13.4. The maximum Gasteiger partial charge on any atom is 0.264 e. The molecule has 0 aliphatic rings. The molecule has 0 saturated carbocycles. The van der Waals surface area contributed by atoms with Gasteiger partial charge in [-0.25, -0.2) is 8.42 Å². The van der Waals surface area contributed by atoms with E-state index in [4.69, 9.17) is 0 Å². The SMILES string of the molecule is Cc1ccccc1CN(C(=O)CN(c1ccccc1)S(=O)(=O)c1ccccc1)[C@@H](Cc1ccccc1)C(=O)NC(C)(C)C. The van der Waals surface area contributed by atoms with Crippen LogP contribution in [0.1, 0.15) is 37.5 Å². The number of benzene rings is 4. The molecule has 0 spiro atoms. The standard InChI is InChI=1S/C35H39N3O4S/c1-27-16-14-15-19-29(27)25-37(32(34(40)36-35(2,3)4)24-28-17-8-5-9-18-28)33(39)26-38(30-20-10-6-11-21-30)43(41,42)31-22-12-7-13-23-31/h5-23,32H,24-26H2,1-4H3,(H,36,40)/t32-/m0/s1. The summed E-state index contributed by atoms with van der Waals surface area (Å²) in [5.41, 5.74) is 2.53. The highest BCUT2D eigenvalue weighted by Crippen LogP contribution is 2.25. The summed E-state index contributed by atoms with van der Waals surface area (Å²) in [4.78, 5) is 30.0. The highest BCUT2D eigenvalue weighted by atomic mass is 32.2. The molecule has 8 heteroatoms. The summed E-state index contributed by atoms with van der Waals surface area (Å²) in [5.74, 6) is -0.799. The number of amides is 2. The minimum Gasteiger partial charge on any atom is -0.350 e. The van der Waals surface area contributed by atoms with Crippen LogP contribution in [0.2, 0.25) is 0 Å². The molecule has 0 unspecified atom stereocenters. The van der Waals surface area contributed by atoms with Gasteiger partial charge in [-0.3, -0.25) is 13.9 Å². The van der Waals surface area contributed by atoms with Gasteiger partial charge in [-0.1, -0.05) is 91.0 Å². The third kappa shape index (κ3) is 8.32. The Hall–Kier alpha value is -4.43. The number of nitrogens with one attached hydrogen (secondary N) is 1. The Morgan fingerprint density at radius 1 is 0.767 bits per heavy atom. The average Bonchev–Trinajstić information content (AvgIpc) is 2.99. The van der Waals surface area contributed by atoms with Gasteiger partial charge in [0.05, 0.1) is 10.6 Å². The number of aryl methyl sites for hydroxylation is 1. The fraction of sp³-hybridized carbons (Fsp3) is 0.257. The highest BCUT2D eigenvalue weighted by Gasteiger charge is 2.35. The summed E-state index contributed by atoms with van der Waals surface area (Å²) in [5, 5.41) is 3.05. The molecule has 0 aliphatic heterocycles. The van der Waals surface area contributed by atoms with Gasteiger partial charge in [0.25, 0.3) is 10.0 Å². The van der Waals surface area contributed by atoms with E-state index < -0.39 is 34.1 Å². The van der Waals surface area contributed by atoms with Crippen LogP contribution in [0.15, 0.2) is 120 Å². The van der Waals surface area contributed by atoms with Crippen LogP contribution in [0.3, 0.4) is 0 Å². The molecule has 43 heavy (non-hydrogen) atoms. The van der Waals surface area contributed by atoms with Crippen molar-refractivity contribution >= 4 is 27.5 Å². The van der Waals surface area contributed by atoms with E-state index in [0.29, 0.717) is 5.69 Å². The lowest BCUT2D eigenvalue weighted by atomic mass is 10.00. The van der Waals surface area contributed by atoms with Crippen LogP contribution in [0.5, 0.6) is 0 Å². The minimum absolute atomic E-state index is 0.0726. The molecule has 7 nitrogen and oxygen atoms in total. The lowest BCUT2D eigenvalue weighted by Gasteiger charge is -2.35. The van der Waals surface area contributed by atoms with E-state index >= 15 is 0 Å². The molecular weight excluding hydrogens is 558 g/mol. The molecule has 4 aromatic rings. The summed E-state index contributed by atoms with van der Waals surface area (Å²) in [6.45, 7) is 7.27. The Balaban J connectivity index is 1.80. The molecule has 1 N–H and O–H groups in total. The van der Waals surface area contributed by atoms with Crippen LogP contribution in [-0.4, -0.2) is 43.3 Å². The fourth-order valence-electron chi connectivity index (χ4n) is 4.82. The molecule has 4 rings (SSSR count). The molecule has 4 aromatic carbocycles. The maximum absolute atomic E-state index is 14.5. The number of hydrogen-bond donors (Lipinski definition) is 1. The van der Waals surface area contributed by atoms with Gasteiger partial charge in [0, 0.05) is 18.5 Å². The zero-order valence-corrected chi connectivity index (χ0v) is 25.9. The third-order valence-electron chi connectivity index (χ3n) is 7.03. The zero-order chi connectivity index (χ0) is 31.0. The van der Waals surface area contributed by atoms with Crippen molar-refractivity contribution in [2.45, 2.75) is 57.1 Å². The van der Waals surface area contributed by atoms with Crippen LogP contribution in [0.4, 0.5) is 5.69 Å². The van der Waals surface area contributed by atoms with Gasteiger partial charge in [-0.15, -0.1) is 0 Å². The number of anilines is 1. The van der Waals surface area contributed by atoms with Gasteiger partial charge in [0.15, 0.2) is 0 Å². The number of rotatable bonds is 11. The van der Waals surface area contributed by atoms with Gasteiger partial charge < -0.3 is 10.2 Å². The van der Waals surface area contributed by atoms with Crippen molar-refractivity contribution in [3.8, 4) is 0 Å². The van der Waals surface area contributed by atoms with Crippen molar-refractivity contribution in [1.82, 2.24) is 10.2 Å². The lowest BCUT2D eigenvalue weighted by Crippen LogP contribution is -2.56. The molecule has 1 atom stereocenters. The van der Waals surface area contributed by atoms with Crippen molar-refractivity contribution in [2.24, 2.45) is 0 Å². The van der Waals surface area contributed by atoms with Gasteiger partial charge in [-0.05, 0) is 68.7 Å². The minimum atomic E-state index is -4.11. The maximum atomic E-state index is 14.5. The van der Waals surface area contributed by atoms with Crippen LogP contribution >= 0.6 is 0 Å². The van der Waals surface area contributed by atoms with Crippen molar-refractivity contribution in [2.75, 3.05) is 10.8 Å². The number of carbonyl (C=O) groups is 2. The second-order valence-electron chi connectivity index (χ2n) is 11.6. The first-order valence-corrected chi connectivity index (χ1v) is 15.7. The first-order valence-electron chi connectivity index (χ1n) is 14.3. The van der Waals surface area contributed by atoms with Crippen LogP contribution in [-0.2, 0) is 32.6 Å². The van der Waals surface area contributed by atoms with Crippen molar-refractivity contribution in [1.29, 1.82) is 0 Å². The Morgan fingerprint density at radius 3 is 1.88 bits per heavy atom. The molecule has 0 saturated heterocycles. The van der Waals surface area contributed by atoms with Crippen LogP contribution in [0, 0.1) is 6.92 Å². The van der Waals surface area contributed by atoms with Crippen molar-refractivity contribution in [3.63, 3.8) is 0 Å². The highest BCUT2D eigenvalue weighted by molar-refractivity contribution is 7.92. The monoisotopic (exact) mass is 597 g/mol. The molecule has 0 aromatic heterocycles. The molecule has 0 bridgehead atoms. The smallest absolute Gasteiger partial charge is 0.264 e. The van der Waals surface area contributed by atoms with E-state index in [9.17, 15) is 18.0 Å². The third-order valence-corrected chi connectivity index (χ3v) is 8.81. The summed E-state index contributed by atoms with van der Waals surface area (Å²) < 4.78 is 29.0. The van der Waals surface area contributed by atoms with Crippen molar-refractivity contribution < 1.29 is 18.0 Å². The predicted octanol–water partition coefficient (Wildman–Crippen LogP) is 5.75. The van der Waals surface area contributed by atoms with Gasteiger partial charge in [0.1, 0.15) is 12.6 Å². The molecule has 0 aliphatic carbocycles. The van der Waals surface area contributed by atoms with E-state index in [0.717, 1.165) is 21.0 Å². The molecule has 224 valence electrons. The van der Waals surface area contributed by atoms with E-state index in [2.05, 4.69) is 5.32 Å². The lowest BCUT2D eigenvalue weighted by molar-refractivity contribution is -0.140. The molecule has 2 amide bonds. The van der Waals surface area contributed by atoms with Gasteiger partial charge >= 0.3 is 0 Å². The quantitative estimate of drug-likeness (QED) is 0.239. The largest absolute Gasteiger partial charge is 0.350 e. The first kappa shape index (κ1) is 31.5. The van der Waals surface area contributed by atoms with Gasteiger partial charge in [-0.2, -0.15) is 0 Å². The van der Waals surface area contributed by atoms with E-state index in [1.807, 2.05) is 82.3 Å². The molecule has 0 radical (unpaired) electrons. The summed E-state index contributed by atoms with van der Waals surface area (Å²) in [7, 11) is -4.11. The summed E-state index contributed by atoms with van der Waals surface area (Å²) in [6.07, 6.45) is 0.261. The normalized spacial score (nSPS) is 12.3. The fourth-order valence-corrected chi connectivity index (χ4v) is 6.26. The van der Waals surface area contributed by atoms with Crippen LogP contribution in [0.25, 0.3) is 0 Å². The Morgan fingerprint density at radius 2 is 1.30 bits per heavy atom. The molecule has 0 heterocycles. The molecular formula is C35H39N3O4S. The molecule has 0 fully saturated rings. The number of nitrogens with zero attached hydrogens (tertiary/aromatic N) is 2. The predicted molar refractivity (Wildman–Crippen MR) is 171 cm³/mol. The Kier molecular flexibility index (Phi) is 10.0. The Bertz CT molecular complexity index is 1620. The topological polar surface area (TPSA) is 86.8 Å².